The Morgan fingerprint density at radius 1 is 1.10 bits per heavy atom. The van der Waals surface area contributed by atoms with E-state index in [1.54, 1.807) is 6.07 Å². The average Bonchev–Trinajstić information content (AvgIpc) is 2.50. The van der Waals surface area contributed by atoms with Crippen LogP contribution in [0.4, 0.5) is 0 Å². The van der Waals surface area contributed by atoms with Crippen LogP contribution in [0.3, 0.4) is 0 Å². The molecule has 2 nitrogen and oxygen atoms in total. The van der Waals surface area contributed by atoms with E-state index in [0.29, 0.717) is 18.0 Å². The van der Waals surface area contributed by atoms with E-state index >= 15 is 0 Å². The lowest BCUT2D eigenvalue weighted by Crippen LogP contribution is -2.30. The summed E-state index contributed by atoms with van der Waals surface area (Å²) in [6.07, 6.45) is 1.20. The summed E-state index contributed by atoms with van der Waals surface area (Å²) in [7, 11) is 2.85. The first-order chi connectivity index (χ1) is 9.93. The molecule has 0 N–H and O–H groups in total. The maximum absolute atomic E-state index is 7.32. The zero-order chi connectivity index (χ0) is 16.8. The molecule has 21 heavy (non-hydrogen) atoms. The van der Waals surface area contributed by atoms with Gasteiger partial charge in [0.05, 0.1) is 6.07 Å². The molecule has 0 saturated heterocycles. The lowest BCUT2D eigenvalue weighted by molar-refractivity contribution is 0.291. The molecule has 3 heteroatoms. The Labute approximate surface area is 134 Å². The van der Waals surface area contributed by atoms with E-state index in [2.05, 4.69) is 72.1 Å². The Morgan fingerprint density at radius 2 is 1.52 bits per heavy atom. The van der Waals surface area contributed by atoms with Crippen molar-refractivity contribution in [2.75, 3.05) is 0 Å². The van der Waals surface area contributed by atoms with Crippen molar-refractivity contribution >= 4 is 9.39 Å². The minimum atomic E-state index is 0.586. The molecule has 0 aromatic heterocycles. The fraction of sp³-hybridized carbons (Fsp3) is 0.611. The van der Waals surface area contributed by atoms with Gasteiger partial charge in [0, 0.05) is 19.0 Å². The van der Waals surface area contributed by atoms with Crippen LogP contribution in [0.1, 0.15) is 66.4 Å². The Kier molecular flexibility index (Phi) is 15.0. The largest absolute Gasteiger partial charge is 0.282 e. The fourth-order valence-corrected chi connectivity index (χ4v) is 2.18. The molecular formula is C18H33N2P. The second-order valence-corrected chi connectivity index (χ2v) is 5.76. The molecule has 1 aromatic rings. The summed E-state index contributed by atoms with van der Waals surface area (Å²) in [5.41, 5.74) is 1.44. The molecule has 3 atom stereocenters. The van der Waals surface area contributed by atoms with E-state index < -0.39 is 0 Å². The third kappa shape index (κ3) is 10.5. The summed E-state index contributed by atoms with van der Waals surface area (Å²) < 4.78 is 2.36. The number of benzene rings is 1. The topological polar surface area (TPSA) is 27.0 Å². The molecule has 1 rings (SSSR count). The molecule has 0 heterocycles. The summed E-state index contributed by atoms with van der Waals surface area (Å²) in [6, 6.07) is 13.7. The first kappa shape index (κ1) is 22.4. The Bertz CT molecular complexity index is 371. The third-order valence-corrected chi connectivity index (χ3v) is 4.27. The van der Waals surface area contributed by atoms with Crippen LogP contribution in [-0.4, -0.2) is 16.8 Å². The molecule has 0 bridgehead atoms. The molecule has 0 aliphatic rings. The molecule has 0 radical (unpaired) electrons. The van der Waals surface area contributed by atoms with Gasteiger partial charge in [-0.1, -0.05) is 60.5 Å². The average molecular weight is 308 g/mol. The van der Waals surface area contributed by atoms with Crippen molar-refractivity contribution in [2.24, 2.45) is 0 Å². The monoisotopic (exact) mass is 308 g/mol. The zero-order valence-corrected chi connectivity index (χ0v) is 16.0. The number of hydrogen-bond acceptors (Lipinski definition) is 2. The van der Waals surface area contributed by atoms with Crippen molar-refractivity contribution in [3.8, 4) is 6.07 Å². The second-order valence-electron chi connectivity index (χ2n) is 5.16. The standard InChI is InChI=1S/C14H24NP.C2H3N.C2H6/c1-11(2)15(16)13(4)10-12(3)14-8-6-5-7-9-14;1-2-3;1-2/h5-9,11-13H,10,16H2,1-4H3;1H3;1-2H3. The molecule has 1 aromatic carbocycles. The maximum Gasteiger partial charge on any atom is 0.0587 e. The molecule has 0 aliphatic carbocycles. The second kappa shape index (κ2) is 14.1. The van der Waals surface area contributed by atoms with E-state index in [-0.39, 0.29) is 0 Å². The highest BCUT2D eigenvalue weighted by Gasteiger charge is 2.16. The molecule has 0 amide bonds. The van der Waals surface area contributed by atoms with E-state index in [9.17, 15) is 0 Å². The fourth-order valence-electron chi connectivity index (χ4n) is 2.06. The molecule has 0 fully saturated rings. The summed E-state index contributed by atoms with van der Waals surface area (Å²) in [5, 5.41) is 7.32. The molecular weight excluding hydrogens is 275 g/mol. The van der Waals surface area contributed by atoms with Crippen molar-refractivity contribution in [1.29, 1.82) is 5.26 Å². The highest BCUT2D eigenvalue weighted by Crippen LogP contribution is 2.24. The van der Waals surface area contributed by atoms with Gasteiger partial charge < -0.3 is 0 Å². The van der Waals surface area contributed by atoms with Gasteiger partial charge in [-0.25, -0.2) is 0 Å². The normalized spacial score (nSPS) is 12.4. The van der Waals surface area contributed by atoms with E-state index in [1.807, 2.05) is 13.8 Å². The predicted octanol–water partition coefficient (Wildman–Crippen LogP) is 5.63. The quantitative estimate of drug-likeness (QED) is 0.660. The van der Waals surface area contributed by atoms with Gasteiger partial charge in [0.1, 0.15) is 0 Å². The molecule has 3 unspecified atom stereocenters. The van der Waals surface area contributed by atoms with Gasteiger partial charge in [0.2, 0.25) is 0 Å². The first-order valence-electron chi connectivity index (χ1n) is 7.82. The predicted molar refractivity (Wildman–Crippen MR) is 98.3 cm³/mol. The van der Waals surface area contributed by atoms with Gasteiger partial charge in [-0.15, -0.1) is 0 Å². The van der Waals surface area contributed by atoms with Gasteiger partial charge in [-0.2, -0.15) is 5.26 Å². The summed E-state index contributed by atoms with van der Waals surface area (Å²) in [4.78, 5) is 0. The lowest BCUT2D eigenvalue weighted by atomic mass is 9.94. The zero-order valence-electron chi connectivity index (χ0n) is 14.8. The van der Waals surface area contributed by atoms with Crippen LogP contribution < -0.4 is 0 Å². The maximum atomic E-state index is 7.32. The van der Waals surface area contributed by atoms with E-state index in [4.69, 9.17) is 5.26 Å². The highest BCUT2D eigenvalue weighted by molar-refractivity contribution is 7.13. The highest BCUT2D eigenvalue weighted by atomic mass is 31.0. The van der Waals surface area contributed by atoms with Crippen molar-refractivity contribution in [3.63, 3.8) is 0 Å². The smallest absolute Gasteiger partial charge is 0.0587 e. The third-order valence-electron chi connectivity index (χ3n) is 3.17. The minimum Gasteiger partial charge on any atom is -0.282 e. The van der Waals surface area contributed by atoms with Crippen molar-refractivity contribution in [3.05, 3.63) is 35.9 Å². The Morgan fingerprint density at radius 3 is 1.90 bits per heavy atom. The Hall–Kier alpha value is -0.900. The van der Waals surface area contributed by atoms with Crippen LogP contribution in [0.5, 0.6) is 0 Å². The summed E-state index contributed by atoms with van der Waals surface area (Å²) >= 11 is 0. The lowest BCUT2D eigenvalue weighted by Gasteiger charge is -2.30. The first-order valence-corrected chi connectivity index (χ1v) is 8.34. The van der Waals surface area contributed by atoms with Gasteiger partial charge >= 0.3 is 0 Å². The SMILES string of the molecule is CC.CC#N.CC(CC(C)N(P)C(C)C)c1ccccc1. The van der Waals surface area contributed by atoms with Crippen LogP contribution in [0, 0.1) is 11.3 Å². The van der Waals surface area contributed by atoms with Crippen LogP contribution in [0.15, 0.2) is 30.3 Å². The van der Waals surface area contributed by atoms with E-state index in [0.717, 1.165) is 0 Å². The number of nitriles is 1. The molecule has 0 aliphatic heterocycles. The van der Waals surface area contributed by atoms with Crippen LogP contribution in [0.2, 0.25) is 0 Å². The van der Waals surface area contributed by atoms with Gasteiger partial charge in [0.15, 0.2) is 0 Å². The molecule has 120 valence electrons. The number of hydrogen-bond donors (Lipinski definition) is 0. The van der Waals surface area contributed by atoms with Gasteiger partial charge in [0.25, 0.3) is 0 Å². The number of nitrogens with zero attached hydrogens (tertiary/aromatic N) is 2. The van der Waals surface area contributed by atoms with Crippen molar-refractivity contribution in [2.45, 2.75) is 72.9 Å². The van der Waals surface area contributed by atoms with Gasteiger partial charge in [-0.3, -0.25) is 4.67 Å². The Balaban J connectivity index is 0. The van der Waals surface area contributed by atoms with Crippen molar-refractivity contribution < 1.29 is 0 Å². The summed E-state index contributed by atoms with van der Waals surface area (Å²) in [6.45, 7) is 14.5. The number of rotatable bonds is 5. The van der Waals surface area contributed by atoms with Crippen molar-refractivity contribution in [1.82, 2.24) is 4.67 Å². The van der Waals surface area contributed by atoms with Gasteiger partial charge in [-0.05, 0) is 38.7 Å². The molecule has 0 saturated carbocycles. The van der Waals surface area contributed by atoms with Crippen LogP contribution in [-0.2, 0) is 0 Å². The summed E-state index contributed by atoms with van der Waals surface area (Å²) in [5.74, 6) is 0.623. The molecule has 0 spiro atoms. The van der Waals surface area contributed by atoms with E-state index in [1.165, 1.54) is 18.9 Å². The van der Waals surface area contributed by atoms with Crippen LogP contribution >= 0.6 is 9.39 Å². The minimum absolute atomic E-state index is 0.586. The van der Waals surface area contributed by atoms with Crippen LogP contribution in [0.25, 0.3) is 0 Å².